The Balaban J connectivity index is 2.02. The molecule has 3 nitrogen and oxygen atoms in total. The lowest BCUT2D eigenvalue weighted by molar-refractivity contribution is 0.215. The van der Waals surface area contributed by atoms with Crippen LogP contribution in [0.2, 0.25) is 0 Å². The molecule has 0 saturated heterocycles. The lowest BCUT2D eigenvalue weighted by atomic mass is 9.72. The van der Waals surface area contributed by atoms with E-state index in [-0.39, 0.29) is 0 Å². The van der Waals surface area contributed by atoms with Gasteiger partial charge in [0.2, 0.25) is 0 Å². The molecule has 0 spiro atoms. The third-order valence-electron chi connectivity index (χ3n) is 4.83. The van der Waals surface area contributed by atoms with E-state index < -0.39 is 0 Å². The normalized spacial score (nSPS) is 27.1. The molecule has 3 unspecified atom stereocenters. The van der Waals surface area contributed by atoms with E-state index in [1.807, 2.05) is 6.20 Å². The maximum absolute atomic E-state index is 4.64. The van der Waals surface area contributed by atoms with Crippen LogP contribution in [-0.2, 0) is 7.05 Å². The molecule has 0 aliphatic heterocycles. The van der Waals surface area contributed by atoms with Crippen molar-refractivity contribution < 1.29 is 0 Å². The third-order valence-corrected chi connectivity index (χ3v) is 4.83. The van der Waals surface area contributed by atoms with Gasteiger partial charge in [-0.05, 0) is 43.7 Å². The molecule has 1 aliphatic rings. The van der Waals surface area contributed by atoms with Gasteiger partial charge in [0.05, 0.1) is 0 Å². The highest BCUT2D eigenvalue weighted by Crippen LogP contribution is 2.40. The van der Waals surface area contributed by atoms with Gasteiger partial charge in [-0.3, -0.25) is 0 Å². The zero-order valence-corrected chi connectivity index (χ0v) is 13.6. The van der Waals surface area contributed by atoms with Crippen LogP contribution in [0.1, 0.15) is 58.2 Å². The van der Waals surface area contributed by atoms with E-state index in [1.165, 1.54) is 31.5 Å². The van der Waals surface area contributed by atoms with Gasteiger partial charge in [0.1, 0.15) is 5.82 Å². The lowest BCUT2D eigenvalue weighted by Crippen LogP contribution is -2.34. The summed E-state index contributed by atoms with van der Waals surface area (Å²) in [4.78, 5) is 4.64. The predicted octanol–water partition coefficient (Wildman–Crippen LogP) is 3.58. The molecule has 1 N–H and O–H groups in total. The second-order valence-electron chi connectivity index (χ2n) is 6.90. The molecule has 1 fully saturated rings. The number of aryl methyl sites for hydroxylation is 1. The minimum atomic E-state index is 0.633. The number of hydrogen-bond acceptors (Lipinski definition) is 2. The summed E-state index contributed by atoms with van der Waals surface area (Å²) in [5, 5.41) is 3.66. The minimum absolute atomic E-state index is 0.633. The first-order chi connectivity index (χ1) is 9.61. The fourth-order valence-corrected chi connectivity index (χ4v) is 3.54. The molecule has 1 heterocycles. The van der Waals surface area contributed by atoms with Crippen LogP contribution in [0.4, 0.5) is 0 Å². The molecule has 0 bridgehead atoms. The van der Waals surface area contributed by atoms with E-state index in [2.05, 4.69) is 48.9 Å². The first-order valence-electron chi connectivity index (χ1n) is 8.29. The molecule has 2 rings (SSSR count). The molecule has 3 heteroatoms. The van der Waals surface area contributed by atoms with E-state index in [0.717, 1.165) is 30.8 Å². The highest BCUT2D eigenvalue weighted by Gasteiger charge is 2.32. The van der Waals surface area contributed by atoms with Crippen LogP contribution in [0.5, 0.6) is 0 Å². The van der Waals surface area contributed by atoms with Gasteiger partial charge in [-0.1, -0.05) is 33.6 Å². The summed E-state index contributed by atoms with van der Waals surface area (Å²) < 4.78 is 2.22. The van der Waals surface area contributed by atoms with E-state index in [4.69, 9.17) is 0 Å². The Bertz CT molecular complexity index is 397. The third kappa shape index (κ3) is 3.85. The Hall–Kier alpha value is -0.830. The maximum Gasteiger partial charge on any atom is 0.111 e. The highest BCUT2D eigenvalue weighted by atomic mass is 15.0. The summed E-state index contributed by atoms with van der Waals surface area (Å²) in [6, 6.07) is 0. The summed E-state index contributed by atoms with van der Waals surface area (Å²) >= 11 is 0. The van der Waals surface area contributed by atoms with Gasteiger partial charge in [0, 0.05) is 25.4 Å². The van der Waals surface area contributed by atoms with E-state index >= 15 is 0 Å². The molecule has 1 aromatic heterocycles. The molecule has 1 aliphatic carbocycles. The van der Waals surface area contributed by atoms with Crippen LogP contribution in [0.3, 0.4) is 0 Å². The largest absolute Gasteiger partial charge is 0.338 e. The standard InChI is InChI=1S/C17H31N3/c1-5-14-6-7-15(12-18-11-13(2)3)16(10-14)17-19-8-9-20(17)4/h8-9,13-16,18H,5-7,10-12H2,1-4H3. The summed E-state index contributed by atoms with van der Waals surface area (Å²) in [7, 11) is 2.14. The Labute approximate surface area is 124 Å². The first-order valence-corrected chi connectivity index (χ1v) is 8.29. The second-order valence-corrected chi connectivity index (χ2v) is 6.90. The number of hydrogen-bond donors (Lipinski definition) is 1. The van der Waals surface area contributed by atoms with Crippen molar-refractivity contribution >= 4 is 0 Å². The van der Waals surface area contributed by atoms with Gasteiger partial charge in [0.25, 0.3) is 0 Å². The minimum Gasteiger partial charge on any atom is -0.338 e. The van der Waals surface area contributed by atoms with Crippen molar-refractivity contribution in [3.63, 3.8) is 0 Å². The van der Waals surface area contributed by atoms with E-state index in [9.17, 15) is 0 Å². The predicted molar refractivity (Wildman–Crippen MR) is 84.8 cm³/mol. The highest BCUT2D eigenvalue weighted by molar-refractivity contribution is 5.05. The number of aromatic nitrogens is 2. The molecule has 0 aromatic carbocycles. The quantitative estimate of drug-likeness (QED) is 0.861. The van der Waals surface area contributed by atoms with Gasteiger partial charge >= 0.3 is 0 Å². The second kappa shape index (κ2) is 7.26. The zero-order chi connectivity index (χ0) is 14.5. The molecule has 1 aromatic rings. The van der Waals surface area contributed by atoms with Crippen molar-refractivity contribution in [3.05, 3.63) is 18.2 Å². The van der Waals surface area contributed by atoms with Gasteiger partial charge in [-0.2, -0.15) is 0 Å². The van der Waals surface area contributed by atoms with E-state index in [1.54, 1.807) is 0 Å². The molecular formula is C17H31N3. The van der Waals surface area contributed by atoms with Crippen molar-refractivity contribution in [3.8, 4) is 0 Å². The van der Waals surface area contributed by atoms with Gasteiger partial charge < -0.3 is 9.88 Å². The van der Waals surface area contributed by atoms with Crippen LogP contribution in [0.15, 0.2) is 12.4 Å². The van der Waals surface area contributed by atoms with Gasteiger partial charge in [-0.25, -0.2) is 4.98 Å². The summed E-state index contributed by atoms with van der Waals surface area (Å²) in [6.07, 6.45) is 9.40. The monoisotopic (exact) mass is 277 g/mol. The number of imidazole rings is 1. The van der Waals surface area contributed by atoms with Gasteiger partial charge in [-0.15, -0.1) is 0 Å². The van der Waals surface area contributed by atoms with Crippen LogP contribution >= 0.6 is 0 Å². The lowest BCUT2D eigenvalue weighted by Gasteiger charge is -2.36. The van der Waals surface area contributed by atoms with Crippen molar-refractivity contribution in [1.29, 1.82) is 0 Å². The van der Waals surface area contributed by atoms with Crippen molar-refractivity contribution in [1.82, 2.24) is 14.9 Å². The Morgan fingerprint density at radius 1 is 1.40 bits per heavy atom. The number of nitrogens with one attached hydrogen (secondary N) is 1. The molecule has 3 atom stereocenters. The molecule has 0 radical (unpaired) electrons. The molecular weight excluding hydrogens is 246 g/mol. The molecule has 1 saturated carbocycles. The smallest absolute Gasteiger partial charge is 0.111 e. The van der Waals surface area contributed by atoms with Crippen molar-refractivity contribution in [2.75, 3.05) is 13.1 Å². The Morgan fingerprint density at radius 2 is 2.20 bits per heavy atom. The van der Waals surface area contributed by atoms with Crippen LogP contribution < -0.4 is 5.32 Å². The Kier molecular flexibility index (Phi) is 5.64. The van der Waals surface area contributed by atoms with Gasteiger partial charge in [0.15, 0.2) is 0 Å². The zero-order valence-electron chi connectivity index (χ0n) is 13.6. The average Bonchev–Trinajstić information content (AvgIpc) is 2.85. The average molecular weight is 277 g/mol. The van der Waals surface area contributed by atoms with Crippen LogP contribution in [0.25, 0.3) is 0 Å². The van der Waals surface area contributed by atoms with E-state index in [0.29, 0.717) is 5.92 Å². The number of rotatable bonds is 6. The molecule has 0 amide bonds. The summed E-state index contributed by atoms with van der Waals surface area (Å²) in [5.74, 6) is 4.29. The summed E-state index contributed by atoms with van der Waals surface area (Å²) in [6.45, 7) is 9.15. The van der Waals surface area contributed by atoms with Crippen molar-refractivity contribution in [2.45, 2.75) is 52.4 Å². The molecule has 114 valence electrons. The maximum atomic E-state index is 4.64. The SMILES string of the molecule is CCC1CCC(CNCC(C)C)C(c2nccn2C)C1. The van der Waals surface area contributed by atoms with Crippen LogP contribution in [-0.4, -0.2) is 22.6 Å². The fourth-order valence-electron chi connectivity index (χ4n) is 3.54. The Morgan fingerprint density at radius 3 is 2.80 bits per heavy atom. The fraction of sp³-hybridized carbons (Fsp3) is 0.824. The van der Waals surface area contributed by atoms with Crippen LogP contribution in [0, 0.1) is 17.8 Å². The first kappa shape index (κ1) is 15.6. The molecule has 20 heavy (non-hydrogen) atoms. The number of nitrogens with zero attached hydrogens (tertiary/aromatic N) is 2. The topological polar surface area (TPSA) is 29.9 Å². The van der Waals surface area contributed by atoms with Crippen molar-refractivity contribution in [2.24, 2.45) is 24.8 Å². The summed E-state index contributed by atoms with van der Waals surface area (Å²) in [5.41, 5.74) is 0.